The molecule has 1 aliphatic carbocycles. The number of carbonyl (C=O) groups is 1. The predicted octanol–water partition coefficient (Wildman–Crippen LogP) is 1.51. The van der Waals surface area contributed by atoms with Crippen molar-refractivity contribution in [3.8, 4) is 0 Å². The molecule has 0 atom stereocenters. The maximum atomic E-state index is 12.3. The van der Waals surface area contributed by atoms with Gasteiger partial charge in [-0.1, -0.05) is 6.42 Å². The lowest BCUT2D eigenvalue weighted by atomic mass is 9.85. The number of hydrogen-bond acceptors (Lipinski definition) is 3. The molecule has 1 fully saturated rings. The number of carbonyl (C=O) groups excluding carboxylic acids is 1. The molecule has 1 saturated carbocycles. The minimum absolute atomic E-state index is 0.0158. The number of aryl methyl sites for hydroxylation is 1. The van der Waals surface area contributed by atoms with Crippen molar-refractivity contribution in [2.24, 2.45) is 11.1 Å². The maximum absolute atomic E-state index is 12.3. The SMILES string of the molecule is Cc1cc(C(=O)N(C)CC2CCC2)cc(S(N)(=O)=O)c1. The van der Waals surface area contributed by atoms with Gasteiger partial charge in [0.25, 0.3) is 5.91 Å². The molecule has 0 heterocycles. The van der Waals surface area contributed by atoms with E-state index in [4.69, 9.17) is 5.14 Å². The van der Waals surface area contributed by atoms with E-state index in [1.54, 1.807) is 24.9 Å². The van der Waals surface area contributed by atoms with Gasteiger partial charge in [-0.05, 0) is 49.4 Å². The first-order valence-corrected chi connectivity index (χ1v) is 8.22. The van der Waals surface area contributed by atoms with Crippen LogP contribution in [0.3, 0.4) is 0 Å². The van der Waals surface area contributed by atoms with Gasteiger partial charge in [0.05, 0.1) is 4.90 Å². The van der Waals surface area contributed by atoms with Crippen LogP contribution in [-0.4, -0.2) is 32.8 Å². The van der Waals surface area contributed by atoms with Crippen LogP contribution < -0.4 is 5.14 Å². The van der Waals surface area contributed by atoms with Crippen LogP contribution in [0.4, 0.5) is 0 Å². The zero-order chi connectivity index (χ0) is 14.9. The van der Waals surface area contributed by atoms with E-state index >= 15 is 0 Å². The average molecular weight is 296 g/mol. The zero-order valence-electron chi connectivity index (χ0n) is 11.8. The van der Waals surface area contributed by atoms with E-state index in [1.807, 2.05) is 0 Å². The van der Waals surface area contributed by atoms with Crippen molar-refractivity contribution in [3.05, 3.63) is 29.3 Å². The van der Waals surface area contributed by atoms with E-state index in [-0.39, 0.29) is 10.8 Å². The molecule has 1 aliphatic rings. The van der Waals surface area contributed by atoms with E-state index in [0.717, 1.165) is 19.4 Å². The van der Waals surface area contributed by atoms with Gasteiger partial charge in [-0.25, -0.2) is 13.6 Å². The summed E-state index contributed by atoms with van der Waals surface area (Å²) in [6.07, 6.45) is 3.55. The number of benzene rings is 1. The van der Waals surface area contributed by atoms with E-state index in [1.165, 1.54) is 18.6 Å². The summed E-state index contributed by atoms with van der Waals surface area (Å²) in [7, 11) is -2.04. The summed E-state index contributed by atoms with van der Waals surface area (Å²) in [6, 6.07) is 4.51. The Bertz CT molecular complexity index is 621. The molecule has 2 N–H and O–H groups in total. The smallest absolute Gasteiger partial charge is 0.253 e. The lowest BCUT2D eigenvalue weighted by Gasteiger charge is -2.30. The maximum Gasteiger partial charge on any atom is 0.253 e. The van der Waals surface area contributed by atoms with Gasteiger partial charge >= 0.3 is 0 Å². The van der Waals surface area contributed by atoms with E-state index < -0.39 is 10.0 Å². The first-order valence-electron chi connectivity index (χ1n) is 6.67. The Morgan fingerprint density at radius 1 is 1.35 bits per heavy atom. The highest BCUT2D eigenvalue weighted by Gasteiger charge is 2.23. The predicted molar refractivity (Wildman–Crippen MR) is 76.9 cm³/mol. The summed E-state index contributed by atoms with van der Waals surface area (Å²) in [5.41, 5.74) is 1.08. The zero-order valence-corrected chi connectivity index (χ0v) is 12.6. The van der Waals surface area contributed by atoms with Gasteiger partial charge in [0.2, 0.25) is 10.0 Å². The molecule has 2 rings (SSSR count). The van der Waals surface area contributed by atoms with Crippen LogP contribution in [0, 0.1) is 12.8 Å². The second-order valence-corrected chi connectivity index (χ2v) is 7.12. The highest BCUT2D eigenvalue weighted by atomic mass is 32.2. The van der Waals surface area contributed by atoms with Crippen molar-refractivity contribution in [1.29, 1.82) is 0 Å². The Morgan fingerprint density at radius 3 is 2.50 bits per heavy atom. The molecule has 0 unspecified atom stereocenters. The second-order valence-electron chi connectivity index (χ2n) is 5.56. The molecular formula is C14H20N2O3S. The van der Waals surface area contributed by atoms with Gasteiger partial charge in [-0.3, -0.25) is 4.79 Å². The summed E-state index contributed by atoms with van der Waals surface area (Å²) in [6.45, 7) is 2.47. The number of sulfonamides is 1. The van der Waals surface area contributed by atoms with Crippen LogP contribution in [0.15, 0.2) is 23.1 Å². The topological polar surface area (TPSA) is 80.5 Å². The minimum atomic E-state index is -3.79. The molecule has 20 heavy (non-hydrogen) atoms. The highest BCUT2D eigenvalue weighted by molar-refractivity contribution is 7.89. The quantitative estimate of drug-likeness (QED) is 0.914. The van der Waals surface area contributed by atoms with E-state index in [0.29, 0.717) is 17.0 Å². The van der Waals surface area contributed by atoms with Crippen LogP contribution in [0.5, 0.6) is 0 Å². The van der Waals surface area contributed by atoms with E-state index in [2.05, 4.69) is 0 Å². The highest BCUT2D eigenvalue weighted by Crippen LogP contribution is 2.27. The number of nitrogens with two attached hydrogens (primary N) is 1. The number of amides is 1. The molecule has 0 aliphatic heterocycles. The summed E-state index contributed by atoms with van der Waals surface area (Å²) in [4.78, 5) is 14.0. The monoisotopic (exact) mass is 296 g/mol. The van der Waals surface area contributed by atoms with Gasteiger partial charge in [0.1, 0.15) is 0 Å². The summed E-state index contributed by atoms with van der Waals surface area (Å²) in [5.74, 6) is 0.414. The molecule has 6 heteroatoms. The summed E-state index contributed by atoms with van der Waals surface area (Å²) < 4.78 is 22.8. The number of primary sulfonamides is 1. The van der Waals surface area contributed by atoms with Crippen molar-refractivity contribution >= 4 is 15.9 Å². The number of hydrogen-bond donors (Lipinski definition) is 1. The van der Waals surface area contributed by atoms with Crippen LogP contribution in [0.2, 0.25) is 0 Å². The normalized spacial score (nSPS) is 15.8. The van der Waals surface area contributed by atoms with Crippen molar-refractivity contribution < 1.29 is 13.2 Å². The minimum Gasteiger partial charge on any atom is -0.341 e. The average Bonchev–Trinajstić information content (AvgIpc) is 2.30. The molecule has 1 aromatic rings. The molecule has 0 spiro atoms. The van der Waals surface area contributed by atoms with Crippen molar-refractivity contribution in [2.75, 3.05) is 13.6 Å². The molecule has 0 radical (unpaired) electrons. The summed E-state index contributed by atoms with van der Waals surface area (Å²) in [5, 5.41) is 5.13. The Hall–Kier alpha value is -1.40. The third kappa shape index (κ3) is 3.37. The Kier molecular flexibility index (Phi) is 4.15. The van der Waals surface area contributed by atoms with Crippen molar-refractivity contribution in [1.82, 2.24) is 4.90 Å². The van der Waals surface area contributed by atoms with E-state index in [9.17, 15) is 13.2 Å². The van der Waals surface area contributed by atoms with Crippen LogP contribution in [0.25, 0.3) is 0 Å². The van der Waals surface area contributed by atoms with Gasteiger partial charge in [0.15, 0.2) is 0 Å². The van der Waals surface area contributed by atoms with Crippen molar-refractivity contribution in [2.45, 2.75) is 31.1 Å². The third-order valence-corrected chi connectivity index (χ3v) is 4.62. The molecule has 5 nitrogen and oxygen atoms in total. The molecular weight excluding hydrogens is 276 g/mol. The second kappa shape index (κ2) is 5.54. The first kappa shape index (κ1) is 15.0. The van der Waals surface area contributed by atoms with Crippen LogP contribution in [0.1, 0.15) is 35.2 Å². The molecule has 1 aromatic carbocycles. The number of rotatable bonds is 4. The molecule has 0 aromatic heterocycles. The Labute approximate surface area is 119 Å². The van der Waals surface area contributed by atoms with Gasteiger partial charge < -0.3 is 4.90 Å². The fourth-order valence-corrected chi connectivity index (χ4v) is 3.04. The Morgan fingerprint density at radius 2 is 2.00 bits per heavy atom. The first-order chi connectivity index (χ1) is 9.27. The fourth-order valence-electron chi connectivity index (χ4n) is 2.40. The van der Waals surface area contributed by atoms with Gasteiger partial charge in [-0.15, -0.1) is 0 Å². The van der Waals surface area contributed by atoms with Crippen molar-refractivity contribution in [3.63, 3.8) is 0 Å². The number of nitrogens with zero attached hydrogens (tertiary/aromatic N) is 1. The molecule has 0 saturated heterocycles. The van der Waals surface area contributed by atoms with Crippen LogP contribution >= 0.6 is 0 Å². The van der Waals surface area contributed by atoms with Gasteiger partial charge in [0, 0.05) is 19.2 Å². The molecule has 1 amide bonds. The van der Waals surface area contributed by atoms with Crippen LogP contribution in [-0.2, 0) is 10.0 Å². The lowest BCUT2D eigenvalue weighted by molar-refractivity contribution is 0.0745. The fraction of sp³-hybridized carbons (Fsp3) is 0.500. The third-order valence-electron chi connectivity index (χ3n) is 3.73. The largest absolute Gasteiger partial charge is 0.341 e. The van der Waals surface area contributed by atoms with Gasteiger partial charge in [-0.2, -0.15) is 0 Å². The molecule has 110 valence electrons. The summed E-state index contributed by atoms with van der Waals surface area (Å²) >= 11 is 0. The Balaban J connectivity index is 2.22. The molecule has 0 bridgehead atoms. The lowest BCUT2D eigenvalue weighted by Crippen LogP contribution is -2.34. The standard InChI is InChI=1S/C14H20N2O3S/c1-10-6-12(8-13(7-10)20(15,18)19)14(17)16(2)9-11-4-3-5-11/h6-8,11H,3-5,9H2,1-2H3,(H2,15,18,19).